The lowest BCUT2D eigenvalue weighted by atomic mass is 10.1. The summed E-state index contributed by atoms with van der Waals surface area (Å²) in [5.74, 6) is 0.291. The molecule has 3 aromatic heterocycles. The van der Waals surface area contributed by atoms with Gasteiger partial charge in [0.2, 0.25) is 5.88 Å². The predicted molar refractivity (Wildman–Crippen MR) is 105 cm³/mol. The van der Waals surface area contributed by atoms with Crippen LogP contribution >= 0.6 is 22.6 Å². The van der Waals surface area contributed by atoms with Crippen molar-refractivity contribution in [3.8, 4) is 28.4 Å². The molecule has 5 nitrogen and oxygen atoms in total. The smallest absolute Gasteiger partial charge is 0.223 e. The molecule has 0 amide bonds. The lowest BCUT2D eigenvalue weighted by Crippen LogP contribution is -1.97. The standard InChI is InChI=1S/C19H14FIN4O/c1-2-26-19-14(4-3-9-22-19)18-17(21)16-10-15(23-11-25(16)24-18)12-5-7-13(20)8-6-12/h3-11H,2H2,1H3. The van der Waals surface area contributed by atoms with Gasteiger partial charge in [-0.05, 0) is 72.0 Å². The van der Waals surface area contributed by atoms with E-state index >= 15 is 0 Å². The number of halogens is 2. The third-order valence-corrected chi connectivity index (χ3v) is 4.98. The highest BCUT2D eigenvalue weighted by molar-refractivity contribution is 14.1. The molecule has 4 aromatic rings. The second-order valence-corrected chi connectivity index (χ2v) is 6.64. The van der Waals surface area contributed by atoms with E-state index in [9.17, 15) is 4.39 Å². The molecular formula is C19H14FIN4O. The highest BCUT2D eigenvalue weighted by Crippen LogP contribution is 2.33. The monoisotopic (exact) mass is 460 g/mol. The Labute approximate surface area is 163 Å². The molecule has 4 rings (SSSR count). The molecule has 130 valence electrons. The Morgan fingerprint density at radius 3 is 2.73 bits per heavy atom. The van der Waals surface area contributed by atoms with Crippen molar-refractivity contribution in [3.63, 3.8) is 0 Å². The van der Waals surface area contributed by atoms with Crippen LogP contribution in [0.4, 0.5) is 4.39 Å². The minimum Gasteiger partial charge on any atom is -0.477 e. The van der Waals surface area contributed by atoms with Gasteiger partial charge in [0.1, 0.15) is 17.8 Å². The molecular weight excluding hydrogens is 446 g/mol. The third-order valence-electron chi connectivity index (χ3n) is 3.91. The molecule has 26 heavy (non-hydrogen) atoms. The molecule has 1 aromatic carbocycles. The van der Waals surface area contributed by atoms with Gasteiger partial charge in [0, 0.05) is 11.8 Å². The summed E-state index contributed by atoms with van der Waals surface area (Å²) in [5.41, 5.74) is 4.16. The first kappa shape index (κ1) is 16.9. The van der Waals surface area contributed by atoms with Crippen LogP contribution in [0.5, 0.6) is 5.88 Å². The molecule has 0 unspecified atom stereocenters. The first-order valence-corrected chi connectivity index (χ1v) is 9.13. The topological polar surface area (TPSA) is 52.3 Å². The molecule has 0 atom stereocenters. The Morgan fingerprint density at radius 1 is 1.15 bits per heavy atom. The summed E-state index contributed by atoms with van der Waals surface area (Å²) in [6.45, 7) is 2.45. The van der Waals surface area contributed by atoms with Crippen LogP contribution in [0.3, 0.4) is 0 Å². The first-order chi connectivity index (χ1) is 12.7. The van der Waals surface area contributed by atoms with Crippen molar-refractivity contribution < 1.29 is 9.13 Å². The maximum atomic E-state index is 13.2. The Balaban J connectivity index is 1.84. The van der Waals surface area contributed by atoms with Crippen molar-refractivity contribution in [1.29, 1.82) is 0 Å². The fourth-order valence-corrected chi connectivity index (χ4v) is 3.50. The molecule has 3 heterocycles. The molecule has 0 radical (unpaired) electrons. The summed E-state index contributed by atoms with van der Waals surface area (Å²) in [6, 6.07) is 12.0. The number of nitrogens with zero attached hydrogens (tertiary/aromatic N) is 4. The molecule has 0 N–H and O–H groups in total. The fourth-order valence-electron chi connectivity index (χ4n) is 2.70. The highest BCUT2D eigenvalue weighted by Gasteiger charge is 2.17. The summed E-state index contributed by atoms with van der Waals surface area (Å²) in [6.07, 6.45) is 3.36. The van der Waals surface area contributed by atoms with Gasteiger partial charge in [0.25, 0.3) is 0 Å². The number of aromatic nitrogens is 4. The second kappa shape index (κ2) is 6.99. The number of fused-ring (bicyclic) bond motifs is 1. The summed E-state index contributed by atoms with van der Waals surface area (Å²) in [4.78, 5) is 8.75. The molecule has 0 saturated carbocycles. The lowest BCUT2D eigenvalue weighted by Gasteiger charge is -2.06. The van der Waals surface area contributed by atoms with Gasteiger partial charge in [-0.25, -0.2) is 18.9 Å². The molecule has 0 aliphatic heterocycles. The van der Waals surface area contributed by atoms with Crippen molar-refractivity contribution in [2.75, 3.05) is 6.61 Å². The van der Waals surface area contributed by atoms with Crippen molar-refractivity contribution in [2.45, 2.75) is 6.92 Å². The van der Waals surface area contributed by atoms with Gasteiger partial charge >= 0.3 is 0 Å². The third kappa shape index (κ3) is 3.03. The zero-order chi connectivity index (χ0) is 18.1. The van der Waals surface area contributed by atoms with Gasteiger partial charge in [-0.1, -0.05) is 0 Å². The second-order valence-electron chi connectivity index (χ2n) is 5.56. The highest BCUT2D eigenvalue weighted by atomic mass is 127. The van der Waals surface area contributed by atoms with E-state index in [1.54, 1.807) is 29.2 Å². The first-order valence-electron chi connectivity index (χ1n) is 8.05. The summed E-state index contributed by atoms with van der Waals surface area (Å²) >= 11 is 2.27. The number of pyridine rings is 1. The van der Waals surface area contributed by atoms with Crippen LogP contribution in [0.25, 0.3) is 28.0 Å². The summed E-state index contributed by atoms with van der Waals surface area (Å²) in [5, 5.41) is 4.64. The Bertz CT molecular complexity index is 1080. The lowest BCUT2D eigenvalue weighted by molar-refractivity contribution is 0.328. The van der Waals surface area contributed by atoms with Crippen LogP contribution in [0.15, 0.2) is 55.0 Å². The van der Waals surface area contributed by atoms with E-state index in [0.29, 0.717) is 12.5 Å². The number of benzene rings is 1. The maximum absolute atomic E-state index is 13.2. The van der Waals surface area contributed by atoms with Gasteiger partial charge < -0.3 is 4.74 Å². The summed E-state index contributed by atoms with van der Waals surface area (Å²) < 4.78 is 21.5. The minimum absolute atomic E-state index is 0.268. The minimum atomic E-state index is -0.268. The van der Waals surface area contributed by atoms with Crippen LogP contribution in [0.2, 0.25) is 0 Å². The van der Waals surface area contributed by atoms with E-state index < -0.39 is 0 Å². The molecule has 0 bridgehead atoms. The van der Waals surface area contributed by atoms with Crippen molar-refractivity contribution in [2.24, 2.45) is 0 Å². The van der Waals surface area contributed by atoms with Crippen molar-refractivity contribution >= 4 is 28.1 Å². The van der Waals surface area contributed by atoms with Gasteiger partial charge in [-0.15, -0.1) is 0 Å². The van der Waals surface area contributed by atoms with Crippen molar-refractivity contribution in [3.05, 3.63) is 64.4 Å². The van der Waals surface area contributed by atoms with E-state index in [-0.39, 0.29) is 5.82 Å². The Morgan fingerprint density at radius 2 is 1.96 bits per heavy atom. The number of ether oxygens (including phenoxy) is 1. The van der Waals surface area contributed by atoms with Crippen LogP contribution in [-0.2, 0) is 0 Å². The average Bonchev–Trinajstić information content (AvgIpc) is 2.99. The van der Waals surface area contributed by atoms with E-state index in [1.165, 1.54) is 12.1 Å². The van der Waals surface area contributed by atoms with Gasteiger partial charge in [0.05, 0.1) is 27.0 Å². The molecule has 0 saturated heterocycles. The summed E-state index contributed by atoms with van der Waals surface area (Å²) in [7, 11) is 0. The molecule has 0 fully saturated rings. The van der Waals surface area contributed by atoms with Gasteiger partial charge in [-0.2, -0.15) is 5.10 Å². The van der Waals surface area contributed by atoms with E-state index in [1.807, 2.05) is 25.1 Å². The molecule has 0 spiro atoms. The molecule has 0 aliphatic carbocycles. The van der Waals surface area contributed by atoms with E-state index in [0.717, 1.165) is 31.6 Å². The number of rotatable bonds is 4. The Hall–Kier alpha value is -2.55. The van der Waals surface area contributed by atoms with Crippen LogP contribution in [0.1, 0.15) is 6.92 Å². The zero-order valence-corrected chi connectivity index (χ0v) is 16.0. The largest absolute Gasteiger partial charge is 0.477 e. The quantitative estimate of drug-likeness (QED) is 0.418. The maximum Gasteiger partial charge on any atom is 0.223 e. The molecule has 0 aliphatic rings. The van der Waals surface area contributed by atoms with E-state index in [4.69, 9.17) is 4.74 Å². The number of hydrogen-bond acceptors (Lipinski definition) is 4. The number of hydrogen-bond donors (Lipinski definition) is 0. The van der Waals surface area contributed by atoms with Crippen LogP contribution < -0.4 is 4.74 Å². The average molecular weight is 460 g/mol. The van der Waals surface area contributed by atoms with Crippen molar-refractivity contribution in [1.82, 2.24) is 19.6 Å². The zero-order valence-electron chi connectivity index (χ0n) is 13.9. The predicted octanol–water partition coefficient (Wildman–Crippen LogP) is 4.60. The normalized spacial score (nSPS) is 11.0. The van der Waals surface area contributed by atoms with Gasteiger partial charge in [-0.3, -0.25) is 0 Å². The SMILES string of the molecule is CCOc1ncccc1-c1nn2cnc(-c3ccc(F)cc3)cc2c1I. The van der Waals surface area contributed by atoms with Crippen LogP contribution in [-0.4, -0.2) is 26.2 Å². The fraction of sp³-hybridized carbons (Fsp3) is 0.105. The Kier molecular flexibility index (Phi) is 4.54. The van der Waals surface area contributed by atoms with Gasteiger partial charge in [0.15, 0.2) is 0 Å². The molecule has 7 heteroatoms. The van der Waals surface area contributed by atoms with E-state index in [2.05, 4.69) is 37.7 Å². The van der Waals surface area contributed by atoms with Crippen LogP contribution in [0, 0.1) is 9.39 Å².